The monoisotopic (exact) mass is 339 g/mol. The van der Waals surface area contributed by atoms with Gasteiger partial charge in [0.2, 0.25) is 0 Å². The minimum atomic E-state index is -0.0374. The summed E-state index contributed by atoms with van der Waals surface area (Å²) in [6.45, 7) is 7.89. The number of nitrogens with zero attached hydrogens (tertiary/aromatic N) is 1. The van der Waals surface area contributed by atoms with Gasteiger partial charge >= 0.3 is 5.97 Å². The molecule has 5 heteroatoms. The quantitative estimate of drug-likeness (QED) is 0.561. The van der Waals surface area contributed by atoms with Gasteiger partial charge in [0.15, 0.2) is 0 Å². The number of ether oxygens (including phenoxy) is 2. The van der Waals surface area contributed by atoms with E-state index in [4.69, 9.17) is 21.1 Å². The minimum absolute atomic E-state index is 0.0374. The lowest BCUT2D eigenvalue weighted by Crippen LogP contribution is -2.37. The zero-order valence-electron chi connectivity index (χ0n) is 14.0. The van der Waals surface area contributed by atoms with Gasteiger partial charge in [0.1, 0.15) is 5.75 Å². The van der Waals surface area contributed by atoms with Gasteiger partial charge in [-0.25, -0.2) is 0 Å². The van der Waals surface area contributed by atoms with Crippen molar-refractivity contribution >= 4 is 17.6 Å². The van der Waals surface area contributed by atoms with Gasteiger partial charge in [0.05, 0.1) is 24.2 Å². The molecule has 1 aliphatic heterocycles. The topological polar surface area (TPSA) is 38.8 Å². The first kappa shape index (κ1) is 18.1. The zero-order chi connectivity index (χ0) is 16.7. The standard InChI is InChI=1S/C18H26ClNO3/c1-3-22-18(21)15-7-10-20(11-8-15)9-4-12-23-17-13-14(2)5-6-16(17)19/h5-6,13,15H,3-4,7-12H2,1-2H3. The Morgan fingerprint density at radius 2 is 2.09 bits per heavy atom. The Morgan fingerprint density at radius 1 is 1.35 bits per heavy atom. The Balaban J connectivity index is 1.64. The fourth-order valence-corrected chi connectivity index (χ4v) is 3.02. The third kappa shape index (κ3) is 5.70. The number of rotatable bonds is 7. The minimum Gasteiger partial charge on any atom is -0.492 e. The molecule has 1 saturated heterocycles. The number of hydrogen-bond acceptors (Lipinski definition) is 4. The Hall–Kier alpha value is -1.26. The molecule has 0 N–H and O–H groups in total. The van der Waals surface area contributed by atoms with Gasteiger partial charge in [0.25, 0.3) is 0 Å². The van der Waals surface area contributed by atoms with Crippen LogP contribution in [-0.4, -0.2) is 43.7 Å². The van der Waals surface area contributed by atoms with E-state index in [0.29, 0.717) is 18.2 Å². The van der Waals surface area contributed by atoms with Gasteiger partial charge in [-0.15, -0.1) is 0 Å². The van der Waals surface area contributed by atoms with Crippen LogP contribution in [0, 0.1) is 12.8 Å². The van der Waals surface area contributed by atoms with E-state index in [1.807, 2.05) is 32.0 Å². The van der Waals surface area contributed by atoms with E-state index in [1.165, 1.54) is 0 Å². The molecule has 1 aliphatic rings. The average Bonchev–Trinajstić information content (AvgIpc) is 2.55. The van der Waals surface area contributed by atoms with Crippen LogP contribution in [0.1, 0.15) is 31.7 Å². The van der Waals surface area contributed by atoms with Crippen molar-refractivity contribution in [1.29, 1.82) is 0 Å². The molecule has 0 spiro atoms. The molecular weight excluding hydrogens is 314 g/mol. The Kier molecular flexibility index (Phi) is 7.18. The van der Waals surface area contributed by atoms with Crippen molar-refractivity contribution in [3.63, 3.8) is 0 Å². The summed E-state index contributed by atoms with van der Waals surface area (Å²) in [6, 6.07) is 5.81. The van der Waals surface area contributed by atoms with Gasteiger partial charge in [-0.3, -0.25) is 4.79 Å². The van der Waals surface area contributed by atoms with E-state index in [9.17, 15) is 4.79 Å². The summed E-state index contributed by atoms with van der Waals surface area (Å²) in [5.74, 6) is 0.797. The van der Waals surface area contributed by atoms with Crippen molar-refractivity contribution in [2.24, 2.45) is 5.92 Å². The smallest absolute Gasteiger partial charge is 0.309 e. The van der Waals surface area contributed by atoms with E-state index < -0.39 is 0 Å². The van der Waals surface area contributed by atoms with E-state index >= 15 is 0 Å². The predicted octanol–water partition coefficient (Wildman–Crippen LogP) is 3.69. The molecule has 1 aromatic rings. The molecule has 0 radical (unpaired) electrons. The number of piperidine rings is 1. The van der Waals surface area contributed by atoms with Crippen LogP contribution in [-0.2, 0) is 9.53 Å². The summed E-state index contributed by atoms with van der Waals surface area (Å²) >= 11 is 6.12. The van der Waals surface area contributed by atoms with Gasteiger partial charge in [-0.05, 0) is 63.9 Å². The number of aryl methyl sites for hydroxylation is 1. The van der Waals surface area contributed by atoms with E-state index in [2.05, 4.69) is 4.90 Å². The fraction of sp³-hybridized carbons (Fsp3) is 0.611. The zero-order valence-corrected chi connectivity index (χ0v) is 14.8. The SMILES string of the molecule is CCOC(=O)C1CCN(CCCOc2cc(C)ccc2Cl)CC1. The highest BCUT2D eigenvalue weighted by atomic mass is 35.5. The number of carbonyl (C=O) groups excluding carboxylic acids is 1. The van der Waals surface area contributed by atoms with Crippen molar-refractivity contribution < 1.29 is 14.3 Å². The first-order valence-electron chi connectivity index (χ1n) is 8.38. The van der Waals surface area contributed by atoms with Crippen LogP contribution in [0.2, 0.25) is 5.02 Å². The van der Waals surface area contributed by atoms with Gasteiger partial charge in [-0.2, -0.15) is 0 Å². The number of carbonyl (C=O) groups is 1. The second-order valence-corrected chi connectivity index (χ2v) is 6.41. The normalized spacial score (nSPS) is 16.3. The number of hydrogen-bond donors (Lipinski definition) is 0. The number of benzene rings is 1. The maximum atomic E-state index is 11.7. The Bertz CT molecular complexity index is 513. The highest BCUT2D eigenvalue weighted by molar-refractivity contribution is 6.32. The summed E-state index contributed by atoms with van der Waals surface area (Å²) in [6.07, 6.45) is 2.74. The Labute approximate surface area is 143 Å². The second-order valence-electron chi connectivity index (χ2n) is 6.00. The van der Waals surface area contributed by atoms with Crippen molar-refractivity contribution in [2.45, 2.75) is 33.1 Å². The summed E-state index contributed by atoms with van der Waals surface area (Å²) in [4.78, 5) is 14.1. The van der Waals surface area contributed by atoms with E-state index in [-0.39, 0.29) is 11.9 Å². The predicted molar refractivity (Wildman–Crippen MR) is 92.1 cm³/mol. The molecule has 128 valence electrons. The highest BCUT2D eigenvalue weighted by Crippen LogP contribution is 2.25. The molecular formula is C18H26ClNO3. The molecule has 0 aromatic heterocycles. The van der Waals surface area contributed by atoms with Gasteiger partial charge in [-0.1, -0.05) is 17.7 Å². The lowest BCUT2D eigenvalue weighted by molar-refractivity contribution is -0.149. The lowest BCUT2D eigenvalue weighted by Gasteiger charge is -2.30. The fourth-order valence-electron chi connectivity index (χ4n) is 2.84. The summed E-state index contributed by atoms with van der Waals surface area (Å²) in [5.41, 5.74) is 1.14. The number of esters is 1. The highest BCUT2D eigenvalue weighted by Gasteiger charge is 2.25. The molecule has 0 amide bonds. The molecule has 23 heavy (non-hydrogen) atoms. The molecule has 1 heterocycles. The molecule has 0 aliphatic carbocycles. The van der Waals surface area contributed by atoms with Crippen LogP contribution in [0.5, 0.6) is 5.75 Å². The number of halogens is 1. The van der Waals surface area contributed by atoms with E-state index in [0.717, 1.165) is 50.2 Å². The number of likely N-dealkylation sites (tertiary alicyclic amines) is 1. The maximum absolute atomic E-state index is 11.7. The van der Waals surface area contributed by atoms with Crippen molar-refractivity contribution in [3.05, 3.63) is 28.8 Å². The molecule has 0 saturated carbocycles. The molecule has 4 nitrogen and oxygen atoms in total. The van der Waals surface area contributed by atoms with Crippen molar-refractivity contribution in [1.82, 2.24) is 4.90 Å². The van der Waals surface area contributed by atoms with Crippen molar-refractivity contribution in [3.8, 4) is 5.75 Å². The van der Waals surface area contributed by atoms with Crippen LogP contribution in [0.3, 0.4) is 0 Å². The first-order chi connectivity index (χ1) is 11.1. The summed E-state index contributed by atoms with van der Waals surface area (Å²) in [7, 11) is 0. The molecule has 1 aromatic carbocycles. The maximum Gasteiger partial charge on any atom is 0.309 e. The van der Waals surface area contributed by atoms with E-state index in [1.54, 1.807) is 0 Å². The van der Waals surface area contributed by atoms with Crippen LogP contribution in [0.15, 0.2) is 18.2 Å². The largest absolute Gasteiger partial charge is 0.492 e. The molecule has 1 fully saturated rings. The van der Waals surface area contributed by atoms with Crippen LogP contribution in [0.4, 0.5) is 0 Å². The van der Waals surface area contributed by atoms with Crippen LogP contribution >= 0.6 is 11.6 Å². The summed E-state index contributed by atoms with van der Waals surface area (Å²) in [5, 5.41) is 0.658. The molecule has 0 atom stereocenters. The van der Waals surface area contributed by atoms with Crippen molar-refractivity contribution in [2.75, 3.05) is 32.8 Å². The second kappa shape index (κ2) is 9.14. The summed E-state index contributed by atoms with van der Waals surface area (Å²) < 4.78 is 10.9. The average molecular weight is 340 g/mol. The molecule has 2 rings (SSSR count). The van der Waals surface area contributed by atoms with Gasteiger partial charge < -0.3 is 14.4 Å². The lowest BCUT2D eigenvalue weighted by atomic mass is 9.97. The third-order valence-corrected chi connectivity index (χ3v) is 4.48. The third-order valence-electron chi connectivity index (χ3n) is 4.17. The van der Waals surface area contributed by atoms with Gasteiger partial charge in [0, 0.05) is 6.54 Å². The molecule has 0 bridgehead atoms. The van der Waals surface area contributed by atoms with Crippen LogP contribution < -0.4 is 4.74 Å². The first-order valence-corrected chi connectivity index (χ1v) is 8.76. The Morgan fingerprint density at radius 3 is 2.78 bits per heavy atom. The molecule has 0 unspecified atom stereocenters. The van der Waals surface area contributed by atoms with Crippen LogP contribution in [0.25, 0.3) is 0 Å².